The number of nitrogens with one attached hydrogen (secondary N) is 1. The highest BCUT2D eigenvalue weighted by Gasteiger charge is 2.21. The Bertz CT molecular complexity index is 381. The quantitative estimate of drug-likeness (QED) is 0.668. The number of benzene rings is 1. The molecule has 0 saturated heterocycles. The highest BCUT2D eigenvalue weighted by molar-refractivity contribution is 14.1. The topological polar surface area (TPSA) is 38.3 Å². The molecule has 0 aliphatic heterocycles. The minimum absolute atomic E-state index is 0.111. The molecule has 0 bridgehead atoms. The van der Waals surface area contributed by atoms with Gasteiger partial charge in [0.05, 0.1) is 6.04 Å². The van der Waals surface area contributed by atoms with Crippen LogP contribution in [-0.2, 0) is 11.2 Å². The predicted octanol–water partition coefficient (Wildman–Crippen LogP) is 3.18. The number of fused-ring (bicyclic) bond motifs is 1. The molecule has 86 valence electrons. The summed E-state index contributed by atoms with van der Waals surface area (Å²) in [7, 11) is 0. The molecule has 1 aliphatic carbocycles. The second kappa shape index (κ2) is 5.52. The molecule has 4 heteroatoms. The summed E-state index contributed by atoms with van der Waals surface area (Å²) in [6.45, 7) is 0. The number of hydrogen-bond donors (Lipinski definition) is 1. The van der Waals surface area contributed by atoms with Crippen molar-refractivity contribution in [3.63, 3.8) is 0 Å². The Morgan fingerprint density at radius 2 is 2.31 bits per heavy atom. The van der Waals surface area contributed by atoms with E-state index >= 15 is 0 Å². The summed E-state index contributed by atoms with van der Waals surface area (Å²) < 4.78 is 5.28. The summed E-state index contributed by atoms with van der Waals surface area (Å²) in [6.07, 6.45) is 2.89. The van der Waals surface area contributed by atoms with E-state index in [-0.39, 0.29) is 12.1 Å². The van der Waals surface area contributed by atoms with Gasteiger partial charge >= 0.3 is 6.09 Å². The number of hydrogen-bond acceptors (Lipinski definition) is 2. The lowest BCUT2D eigenvalue weighted by molar-refractivity contribution is 0.163. The first kappa shape index (κ1) is 11.7. The summed E-state index contributed by atoms with van der Waals surface area (Å²) in [5.41, 5.74) is 2.58. The van der Waals surface area contributed by atoms with E-state index in [0.29, 0.717) is 4.61 Å². The monoisotopic (exact) mass is 331 g/mol. The van der Waals surface area contributed by atoms with Gasteiger partial charge in [-0.3, -0.25) is 0 Å². The van der Waals surface area contributed by atoms with Gasteiger partial charge in [-0.15, -0.1) is 0 Å². The molecule has 1 aromatic rings. The molecule has 0 spiro atoms. The van der Waals surface area contributed by atoms with Crippen molar-refractivity contribution in [3.05, 3.63) is 35.4 Å². The molecule has 0 saturated carbocycles. The molecule has 1 amide bonds. The third kappa shape index (κ3) is 2.66. The summed E-state index contributed by atoms with van der Waals surface area (Å²) in [6, 6.07) is 8.39. The number of carbonyl (C=O) groups is 1. The Labute approximate surface area is 109 Å². The largest absolute Gasteiger partial charge is 0.439 e. The Morgan fingerprint density at radius 1 is 1.50 bits per heavy atom. The smallest absolute Gasteiger partial charge is 0.408 e. The summed E-state index contributed by atoms with van der Waals surface area (Å²) in [4.78, 5) is 11.4. The molecule has 1 aromatic carbocycles. The number of aryl methyl sites for hydroxylation is 1. The third-order valence-electron chi connectivity index (χ3n) is 2.85. The van der Waals surface area contributed by atoms with Crippen LogP contribution in [0.1, 0.15) is 30.0 Å². The lowest BCUT2D eigenvalue weighted by Gasteiger charge is -2.25. The molecule has 0 heterocycles. The Morgan fingerprint density at radius 3 is 3.12 bits per heavy atom. The van der Waals surface area contributed by atoms with Crippen molar-refractivity contribution in [2.24, 2.45) is 0 Å². The van der Waals surface area contributed by atoms with Crippen LogP contribution in [0.5, 0.6) is 0 Å². The van der Waals surface area contributed by atoms with Crippen molar-refractivity contribution < 1.29 is 9.53 Å². The number of halogens is 1. The number of alkyl carbamates (subject to hydrolysis) is 1. The average molecular weight is 331 g/mol. The van der Waals surface area contributed by atoms with Crippen molar-refractivity contribution in [1.82, 2.24) is 5.32 Å². The molecule has 2 rings (SSSR count). The zero-order valence-electron chi connectivity index (χ0n) is 8.91. The molecule has 1 N–H and O–H groups in total. The van der Waals surface area contributed by atoms with Crippen molar-refractivity contribution in [2.75, 3.05) is 4.61 Å². The fourth-order valence-electron chi connectivity index (χ4n) is 2.14. The van der Waals surface area contributed by atoms with Crippen molar-refractivity contribution in [1.29, 1.82) is 0 Å². The fraction of sp³-hybridized carbons (Fsp3) is 0.417. The zero-order chi connectivity index (χ0) is 11.4. The van der Waals surface area contributed by atoms with E-state index in [0.717, 1.165) is 19.3 Å². The van der Waals surface area contributed by atoms with Crippen LogP contribution in [0.3, 0.4) is 0 Å². The van der Waals surface area contributed by atoms with Gasteiger partial charge in [0.25, 0.3) is 0 Å². The van der Waals surface area contributed by atoms with Crippen LogP contribution in [-0.4, -0.2) is 10.7 Å². The van der Waals surface area contributed by atoms with Crippen LogP contribution in [0.2, 0.25) is 0 Å². The molecular formula is C12H14INO2. The van der Waals surface area contributed by atoms with Crippen LogP contribution < -0.4 is 5.32 Å². The maximum absolute atomic E-state index is 11.4. The SMILES string of the molecule is O=C(NC1CCCc2ccccc21)OCI. The van der Waals surface area contributed by atoms with Crippen LogP contribution in [0, 0.1) is 0 Å². The van der Waals surface area contributed by atoms with E-state index in [9.17, 15) is 4.79 Å². The van der Waals surface area contributed by atoms with Crippen molar-refractivity contribution in [3.8, 4) is 0 Å². The lowest BCUT2D eigenvalue weighted by Crippen LogP contribution is -2.31. The average Bonchev–Trinajstić information content (AvgIpc) is 2.30. The second-order valence-corrected chi connectivity index (χ2v) is 4.45. The second-order valence-electron chi connectivity index (χ2n) is 3.83. The molecule has 16 heavy (non-hydrogen) atoms. The highest BCUT2D eigenvalue weighted by Crippen LogP contribution is 2.29. The number of alkyl halides is 1. The minimum Gasteiger partial charge on any atom is -0.439 e. The van der Waals surface area contributed by atoms with Gasteiger partial charge in [-0.1, -0.05) is 24.3 Å². The van der Waals surface area contributed by atoms with Crippen LogP contribution in [0.25, 0.3) is 0 Å². The van der Waals surface area contributed by atoms with Gasteiger partial charge in [0, 0.05) is 0 Å². The molecular weight excluding hydrogens is 317 g/mol. The first-order valence-corrected chi connectivity index (χ1v) is 6.91. The Hall–Kier alpha value is -0.780. The number of ether oxygens (including phenoxy) is 1. The van der Waals surface area contributed by atoms with Crippen molar-refractivity contribution in [2.45, 2.75) is 25.3 Å². The first-order valence-electron chi connectivity index (χ1n) is 5.38. The zero-order valence-corrected chi connectivity index (χ0v) is 11.1. The van der Waals surface area contributed by atoms with Gasteiger partial charge in [-0.05, 0) is 53.0 Å². The van der Waals surface area contributed by atoms with Gasteiger partial charge < -0.3 is 10.1 Å². The standard InChI is InChI=1S/C12H14INO2/c13-8-16-12(15)14-11-7-3-5-9-4-1-2-6-10(9)11/h1-2,4,6,11H,3,5,7-8H2,(H,14,15). The first-order chi connectivity index (χ1) is 7.81. The summed E-state index contributed by atoms with van der Waals surface area (Å²) in [5.74, 6) is 0. The summed E-state index contributed by atoms with van der Waals surface area (Å²) in [5, 5.41) is 2.91. The Balaban J connectivity index is 2.10. The molecule has 0 aromatic heterocycles. The summed E-state index contributed by atoms with van der Waals surface area (Å²) >= 11 is 2.01. The van der Waals surface area contributed by atoms with E-state index < -0.39 is 0 Å². The van der Waals surface area contributed by atoms with E-state index in [2.05, 4.69) is 17.4 Å². The van der Waals surface area contributed by atoms with Gasteiger partial charge in [0.15, 0.2) is 0 Å². The van der Waals surface area contributed by atoms with E-state index in [1.165, 1.54) is 11.1 Å². The number of amides is 1. The van der Waals surface area contributed by atoms with E-state index in [4.69, 9.17) is 4.74 Å². The Kier molecular flexibility index (Phi) is 4.04. The normalized spacial score (nSPS) is 18.7. The number of carbonyl (C=O) groups excluding carboxylic acids is 1. The van der Waals surface area contributed by atoms with Crippen LogP contribution in [0.4, 0.5) is 4.79 Å². The van der Waals surface area contributed by atoms with Gasteiger partial charge in [-0.25, -0.2) is 4.79 Å². The van der Waals surface area contributed by atoms with Gasteiger partial charge in [-0.2, -0.15) is 0 Å². The molecule has 1 atom stereocenters. The molecule has 0 fully saturated rings. The van der Waals surface area contributed by atoms with Crippen LogP contribution >= 0.6 is 22.6 Å². The van der Waals surface area contributed by atoms with E-state index in [1.807, 2.05) is 34.7 Å². The van der Waals surface area contributed by atoms with Crippen molar-refractivity contribution >= 4 is 28.7 Å². The maximum atomic E-state index is 11.4. The predicted molar refractivity (Wildman–Crippen MR) is 70.6 cm³/mol. The molecule has 0 radical (unpaired) electrons. The highest BCUT2D eigenvalue weighted by atomic mass is 127. The number of rotatable bonds is 2. The third-order valence-corrected chi connectivity index (χ3v) is 3.16. The molecule has 1 unspecified atom stereocenters. The van der Waals surface area contributed by atoms with Crippen LogP contribution in [0.15, 0.2) is 24.3 Å². The molecule has 3 nitrogen and oxygen atoms in total. The minimum atomic E-state index is -0.323. The van der Waals surface area contributed by atoms with E-state index in [1.54, 1.807) is 0 Å². The fourth-order valence-corrected chi connectivity index (χ4v) is 2.42. The van der Waals surface area contributed by atoms with Gasteiger partial charge in [0.2, 0.25) is 0 Å². The molecule has 1 aliphatic rings. The lowest BCUT2D eigenvalue weighted by atomic mass is 9.88. The van der Waals surface area contributed by atoms with Gasteiger partial charge in [0.1, 0.15) is 4.61 Å². The maximum Gasteiger partial charge on any atom is 0.408 e.